The molecule has 0 N–H and O–H groups in total. The van der Waals surface area contributed by atoms with Gasteiger partial charge in [-0.3, -0.25) is 4.79 Å². The number of aromatic nitrogens is 2. The maximum atomic E-state index is 12.7. The monoisotopic (exact) mass is 365 g/mol. The number of rotatable bonds is 3. The van der Waals surface area contributed by atoms with E-state index in [4.69, 9.17) is 0 Å². The molecule has 2 unspecified atom stereocenters. The molecular formula is C19H22F3N3O. The Morgan fingerprint density at radius 1 is 1.15 bits per heavy atom. The number of carbonyl (C=O) groups excluding carboxylic acids is 1. The predicted molar refractivity (Wildman–Crippen MR) is 92.1 cm³/mol. The fourth-order valence-electron chi connectivity index (χ4n) is 3.60. The summed E-state index contributed by atoms with van der Waals surface area (Å²) in [5.41, 5.74) is 0.0617. The molecule has 2 atom stereocenters. The van der Waals surface area contributed by atoms with E-state index < -0.39 is 11.9 Å². The molecule has 0 bridgehead atoms. The molecule has 1 aromatic heterocycles. The predicted octanol–water partition coefficient (Wildman–Crippen LogP) is 4.54. The molecule has 1 aliphatic rings. The molecule has 1 saturated carbocycles. The van der Waals surface area contributed by atoms with Crippen LogP contribution in [0.2, 0.25) is 0 Å². The Kier molecular flexibility index (Phi) is 5.07. The van der Waals surface area contributed by atoms with Crippen LogP contribution in [0.5, 0.6) is 0 Å². The Morgan fingerprint density at radius 2 is 1.81 bits per heavy atom. The van der Waals surface area contributed by atoms with Gasteiger partial charge in [-0.2, -0.15) is 18.3 Å². The van der Waals surface area contributed by atoms with Crippen LogP contribution in [0.3, 0.4) is 0 Å². The molecular weight excluding hydrogens is 343 g/mol. The highest BCUT2D eigenvalue weighted by molar-refractivity contribution is 5.94. The van der Waals surface area contributed by atoms with Gasteiger partial charge in [-0.05, 0) is 49.1 Å². The lowest BCUT2D eigenvalue weighted by atomic mass is 9.85. The summed E-state index contributed by atoms with van der Waals surface area (Å²) in [7, 11) is 1.83. The molecule has 1 aliphatic carbocycles. The number of halogens is 3. The largest absolute Gasteiger partial charge is 0.435 e. The minimum absolute atomic E-state index is 0.0632. The van der Waals surface area contributed by atoms with Crippen molar-refractivity contribution < 1.29 is 18.0 Å². The second-order valence-electron chi connectivity index (χ2n) is 6.94. The van der Waals surface area contributed by atoms with E-state index in [1.165, 1.54) is 12.6 Å². The first-order chi connectivity index (χ1) is 12.3. The molecule has 140 valence electrons. The zero-order chi connectivity index (χ0) is 18.9. The molecule has 4 nitrogen and oxygen atoms in total. The minimum Gasteiger partial charge on any atom is -0.338 e. The molecule has 2 aromatic rings. The molecule has 0 aliphatic heterocycles. The number of amides is 1. The molecule has 26 heavy (non-hydrogen) atoms. The SMILES string of the molecule is CC1CCCCC1N(C)C(=O)c1ccc(-n2ccc(C(F)(F)F)n2)cc1. The van der Waals surface area contributed by atoms with E-state index in [1.807, 2.05) is 7.05 Å². The normalized spacial score (nSPS) is 20.8. The van der Waals surface area contributed by atoms with Crippen LogP contribution in [0, 0.1) is 5.92 Å². The third-order valence-corrected chi connectivity index (χ3v) is 5.14. The van der Waals surface area contributed by atoms with E-state index in [0.717, 1.165) is 30.0 Å². The summed E-state index contributed by atoms with van der Waals surface area (Å²) in [5, 5.41) is 3.54. The summed E-state index contributed by atoms with van der Waals surface area (Å²) in [6.45, 7) is 2.17. The number of alkyl halides is 3. The third-order valence-electron chi connectivity index (χ3n) is 5.14. The summed E-state index contributed by atoms with van der Waals surface area (Å²) in [4.78, 5) is 14.5. The van der Waals surface area contributed by atoms with Crippen molar-refractivity contribution in [3.8, 4) is 5.69 Å². The lowest BCUT2D eigenvalue weighted by Crippen LogP contribution is -2.42. The lowest BCUT2D eigenvalue weighted by molar-refractivity contribution is -0.141. The Balaban J connectivity index is 1.74. The zero-order valence-electron chi connectivity index (χ0n) is 14.8. The fraction of sp³-hybridized carbons (Fsp3) is 0.474. The lowest BCUT2D eigenvalue weighted by Gasteiger charge is -2.36. The Hall–Kier alpha value is -2.31. The molecule has 3 rings (SSSR count). The van der Waals surface area contributed by atoms with Gasteiger partial charge in [-0.25, -0.2) is 4.68 Å². The summed E-state index contributed by atoms with van der Waals surface area (Å²) < 4.78 is 39.1. The van der Waals surface area contributed by atoms with Gasteiger partial charge in [0.1, 0.15) is 0 Å². The average Bonchev–Trinajstić information content (AvgIpc) is 3.12. The Morgan fingerprint density at radius 3 is 2.38 bits per heavy atom. The molecule has 1 heterocycles. The standard InChI is InChI=1S/C19H22F3N3O/c1-13-5-3-4-6-16(13)24(2)18(26)14-7-9-15(10-8-14)25-12-11-17(23-25)19(20,21)22/h7-13,16H,3-6H2,1-2H3. The van der Waals surface area contributed by atoms with Crippen LogP contribution in [-0.2, 0) is 6.18 Å². The van der Waals surface area contributed by atoms with Crippen molar-refractivity contribution in [3.63, 3.8) is 0 Å². The topological polar surface area (TPSA) is 38.1 Å². The highest BCUT2D eigenvalue weighted by Crippen LogP contribution is 2.29. The first kappa shape index (κ1) is 18.5. The third kappa shape index (κ3) is 3.76. The molecule has 1 fully saturated rings. The zero-order valence-corrected chi connectivity index (χ0v) is 14.8. The minimum atomic E-state index is -4.47. The Labute approximate surface area is 150 Å². The average molecular weight is 365 g/mol. The van der Waals surface area contributed by atoms with E-state index in [0.29, 0.717) is 17.2 Å². The highest BCUT2D eigenvalue weighted by atomic mass is 19.4. The van der Waals surface area contributed by atoms with E-state index in [-0.39, 0.29) is 11.9 Å². The van der Waals surface area contributed by atoms with Gasteiger partial charge in [0.15, 0.2) is 5.69 Å². The summed E-state index contributed by atoms with van der Waals surface area (Å²) >= 11 is 0. The van der Waals surface area contributed by atoms with Gasteiger partial charge in [0.2, 0.25) is 0 Å². The van der Waals surface area contributed by atoms with Crippen molar-refractivity contribution in [1.29, 1.82) is 0 Å². The quantitative estimate of drug-likeness (QED) is 0.801. The summed E-state index contributed by atoms with van der Waals surface area (Å²) in [6.07, 6.45) is 1.26. The van der Waals surface area contributed by atoms with Crippen molar-refractivity contribution in [3.05, 3.63) is 47.8 Å². The van der Waals surface area contributed by atoms with Crippen molar-refractivity contribution in [1.82, 2.24) is 14.7 Å². The number of carbonyl (C=O) groups is 1. The van der Waals surface area contributed by atoms with Crippen LogP contribution < -0.4 is 0 Å². The fourth-order valence-corrected chi connectivity index (χ4v) is 3.60. The highest BCUT2D eigenvalue weighted by Gasteiger charge is 2.33. The molecule has 1 aromatic carbocycles. The number of benzene rings is 1. The maximum absolute atomic E-state index is 12.7. The number of nitrogens with zero attached hydrogens (tertiary/aromatic N) is 3. The van der Waals surface area contributed by atoms with Crippen LogP contribution in [0.4, 0.5) is 13.2 Å². The van der Waals surface area contributed by atoms with Gasteiger partial charge in [-0.15, -0.1) is 0 Å². The van der Waals surface area contributed by atoms with Crippen molar-refractivity contribution in [2.75, 3.05) is 7.05 Å². The molecule has 0 spiro atoms. The Bertz CT molecular complexity index is 767. The summed E-state index contributed by atoms with van der Waals surface area (Å²) in [6, 6.07) is 7.65. The second kappa shape index (κ2) is 7.13. The number of hydrogen-bond donors (Lipinski definition) is 0. The van der Waals surface area contributed by atoms with Crippen LogP contribution >= 0.6 is 0 Å². The van der Waals surface area contributed by atoms with Gasteiger partial charge in [-0.1, -0.05) is 19.8 Å². The van der Waals surface area contributed by atoms with Gasteiger partial charge >= 0.3 is 6.18 Å². The van der Waals surface area contributed by atoms with Gasteiger partial charge < -0.3 is 4.90 Å². The molecule has 7 heteroatoms. The smallest absolute Gasteiger partial charge is 0.338 e. The first-order valence-corrected chi connectivity index (χ1v) is 8.78. The van der Waals surface area contributed by atoms with Crippen LogP contribution in [0.1, 0.15) is 48.7 Å². The van der Waals surface area contributed by atoms with Crippen LogP contribution in [0.25, 0.3) is 5.69 Å². The second-order valence-corrected chi connectivity index (χ2v) is 6.94. The van der Waals surface area contributed by atoms with Gasteiger partial charge in [0, 0.05) is 24.8 Å². The number of hydrogen-bond acceptors (Lipinski definition) is 2. The molecule has 0 radical (unpaired) electrons. The molecule has 1 amide bonds. The van der Waals surface area contributed by atoms with E-state index >= 15 is 0 Å². The van der Waals surface area contributed by atoms with Crippen LogP contribution in [0.15, 0.2) is 36.5 Å². The van der Waals surface area contributed by atoms with Gasteiger partial charge in [0.05, 0.1) is 5.69 Å². The van der Waals surface area contributed by atoms with E-state index in [1.54, 1.807) is 29.2 Å². The van der Waals surface area contributed by atoms with Crippen molar-refractivity contribution in [2.45, 2.75) is 44.8 Å². The van der Waals surface area contributed by atoms with Crippen LogP contribution in [-0.4, -0.2) is 33.7 Å². The van der Waals surface area contributed by atoms with Gasteiger partial charge in [0.25, 0.3) is 5.91 Å². The van der Waals surface area contributed by atoms with E-state index in [9.17, 15) is 18.0 Å². The van der Waals surface area contributed by atoms with E-state index in [2.05, 4.69) is 12.0 Å². The molecule has 0 saturated heterocycles. The van der Waals surface area contributed by atoms with Crippen molar-refractivity contribution >= 4 is 5.91 Å². The van der Waals surface area contributed by atoms with Crippen molar-refractivity contribution in [2.24, 2.45) is 5.92 Å². The first-order valence-electron chi connectivity index (χ1n) is 8.78. The maximum Gasteiger partial charge on any atom is 0.435 e. The summed E-state index contributed by atoms with van der Waals surface area (Å²) in [5.74, 6) is 0.411.